The third-order valence-corrected chi connectivity index (χ3v) is 3.46. The number of amides is 1. The Morgan fingerprint density at radius 3 is 2.68 bits per heavy atom. The molecule has 0 saturated heterocycles. The van der Waals surface area contributed by atoms with Crippen molar-refractivity contribution in [3.63, 3.8) is 0 Å². The lowest BCUT2D eigenvalue weighted by atomic mass is 10.2. The quantitative estimate of drug-likeness (QED) is 0.748. The van der Waals surface area contributed by atoms with Crippen molar-refractivity contribution in [1.82, 2.24) is 14.9 Å². The van der Waals surface area contributed by atoms with Crippen LogP contribution >= 0.6 is 0 Å². The van der Waals surface area contributed by atoms with Crippen molar-refractivity contribution in [2.24, 2.45) is 0 Å². The average molecular weight is 340 g/mol. The van der Waals surface area contributed by atoms with Gasteiger partial charge in [-0.3, -0.25) is 4.79 Å². The van der Waals surface area contributed by atoms with E-state index < -0.39 is 0 Å². The van der Waals surface area contributed by atoms with Crippen molar-refractivity contribution in [3.8, 4) is 5.75 Å². The maximum absolute atomic E-state index is 12.8. The second-order valence-electron chi connectivity index (χ2n) is 5.92. The predicted molar refractivity (Wildman–Crippen MR) is 98.7 cm³/mol. The lowest BCUT2D eigenvalue weighted by molar-refractivity contribution is 0.0761. The largest absolute Gasteiger partial charge is 0.497 e. The number of hydrogen-bond donors (Lipinski definition) is 1. The fourth-order valence-corrected chi connectivity index (χ4v) is 2.32. The number of methoxy groups -OCH3 is 1. The standard InChI is InChI=1S/C19H24N4O2/c1-5-9-23(13-15-7-6-8-17(10-15)25-4)18(24)16-11-20-19(21-12-16)22-14(2)3/h5-8,10-12,14H,1,9,13H2,2-4H3,(H,20,21,22). The Labute approximate surface area is 148 Å². The number of ether oxygens (including phenoxy) is 1. The molecule has 1 aromatic heterocycles. The molecule has 1 heterocycles. The van der Waals surface area contributed by atoms with Gasteiger partial charge in [-0.05, 0) is 31.5 Å². The highest BCUT2D eigenvalue weighted by molar-refractivity contribution is 5.93. The molecule has 0 fully saturated rings. The molecule has 6 heteroatoms. The van der Waals surface area contributed by atoms with Gasteiger partial charge in [0.2, 0.25) is 5.95 Å². The van der Waals surface area contributed by atoms with Gasteiger partial charge in [0.1, 0.15) is 5.75 Å². The summed E-state index contributed by atoms with van der Waals surface area (Å²) in [5.41, 5.74) is 1.42. The lowest BCUT2D eigenvalue weighted by Crippen LogP contribution is -2.31. The van der Waals surface area contributed by atoms with Gasteiger partial charge in [-0.1, -0.05) is 18.2 Å². The maximum atomic E-state index is 12.8. The Hall–Kier alpha value is -2.89. The van der Waals surface area contributed by atoms with E-state index in [0.29, 0.717) is 24.6 Å². The van der Waals surface area contributed by atoms with E-state index in [-0.39, 0.29) is 11.9 Å². The van der Waals surface area contributed by atoms with Gasteiger partial charge >= 0.3 is 0 Å². The van der Waals surface area contributed by atoms with Crippen molar-refractivity contribution < 1.29 is 9.53 Å². The number of carbonyl (C=O) groups is 1. The van der Waals surface area contributed by atoms with Crippen LogP contribution in [-0.2, 0) is 6.54 Å². The Morgan fingerprint density at radius 2 is 2.08 bits per heavy atom. The van der Waals surface area contributed by atoms with Gasteiger partial charge in [0.15, 0.2) is 0 Å². The lowest BCUT2D eigenvalue weighted by Gasteiger charge is -2.21. The number of hydrogen-bond acceptors (Lipinski definition) is 5. The van der Waals surface area contributed by atoms with E-state index in [4.69, 9.17) is 4.74 Å². The molecule has 2 rings (SSSR count). The predicted octanol–water partition coefficient (Wildman–Crippen LogP) is 3.13. The molecule has 1 amide bonds. The van der Waals surface area contributed by atoms with Crippen LogP contribution in [0, 0.1) is 0 Å². The van der Waals surface area contributed by atoms with Crippen LogP contribution in [0.4, 0.5) is 5.95 Å². The first-order valence-corrected chi connectivity index (χ1v) is 8.15. The third-order valence-electron chi connectivity index (χ3n) is 3.46. The molecule has 0 unspecified atom stereocenters. The van der Waals surface area contributed by atoms with Crippen molar-refractivity contribution in [1.29, 1.82) is 0 Å². The molecule has 6 nitrogen and oxygen atoms in total. The topological polar surface area (TPSA) is 67.3 Å². The molecule has 0 aliphatic rings. The molecule has 0 radical (unpaired) electrons. The minimum atomic E-state index is -0.140. The normalized spacial score (nSPS) is 10.4. The summed E-state index contributed by atoms with van der Waals surface area (Å²) in [5.74, 6) is 1.13. The SMILES string of the molecule is C=CCN(Cc1cccc(OC)c1)C(=O)c1cnc(NC(C)C)nc1. The Bertz CT molecular complexity index is 714. The zero-order valence-electron chi connectivity index (χ0n) is 14.9. The van der Waals surface area contributed by atoms with Gasteiger partial charge in [0, 0.05) is 31.5 Å². The Morgan fingerprint density at radius 1 is 1.36 bits per heavy atom. The average Bonchev–Trinajstić information content (AvgIpc) is 2.61. The van der Waals surface area contributed by atoms with Crippen LogP contribution in [0.3, 0.4) is 0 Å². The zero-order chi connectivity index (χ0) is 18.2. The van der Waals surface area contributed by atoms with Crippen LogP contribution in [0.5, 0.6) is 5.75 Å². The molecule has 0 spiro atoms. The van der Waals surface area contributed by atoms with Crippen LogP contribution in [0.2, 0.25) is 0 Å². The minimum Gasteiger partial charge on any atom is -0.497 e. The smallest absolute Gasteiger partial charge is 0.257 e. The third kappa shape index (κ3) is 5.31. The van der Waals surface area contributed by atoms with E-state index in [1.807, 2.05) is 38.1 Å². The van der Waals surface area contributed by atoms with Crippen LogP contribution in [0.15, 0.2) is 49.3 Å². The van der Waals surface area contributed by atoms with Crippen molar-refractivity contribution >= 4 is 11.9 Å². The van der Waals surface area contributed by atoms with Gasteiger partial charge in [-0.25, -0.2) is 9.97 Å². The number of benzene rings is 1. The van der Waals surface area contributed by atoms with Crippen LogP contribution in [-0.4, -0.2) is 40.5 Å². The second kappa shape index (κ2) is 8.82. The van der Waals surface area contributed by atoms with E-state index in [0.717, 1.165) is 11.3 Å². The maximum Gasteiger partial charge on any atom is 0.257 e. The summed E-state index contributed by atoms with van der Waals surface area (Å²) in [6, 6.07) is 7.87. The monoisotopic (exact) mass is 340 g/mol. The van der Waals surface area contributed by atoms with E-state index in [2.05, 4.69) is 21.9 Å². The molecule has 0 aliphatic carbocycles. The summed E-state index contributed by atoms with van der Waals surface area (Å²) in [6.45, 7) is 8.63. The molecule has 0 saturated carbocycles. The molecule has 0 atom stereocenters. The fraction of sp³-hybridized carbons (Fsp3) is 0.316. The number of nitrogens with zero attached hydrogens (tertiary/aromatic N) is 3. The van der Waals surface area contributed by atoms with E-state index in [1.165, 1.54) is 0 Å². The highest BCUT2D eigenvalue weighted by Gasteiger charge is 2.16. The summed E-state index contributed by atoms with van der Waals surface area (Å²) in [7, 11) is 1.62. The molecule has 0 aliphatic heterocycles. The number of rotatable bonds is 8. The van der Waals surface area contributed by atoms with E-state index in [9.17, 15) is 4.79 Å². The second-order valence-corrected chi connectivity index (χ2v) is 5.92. The summed E-state index contributed by atoms with van der Waals surface area (Å²) in [5, 5.41) is 3.10. The first-order chi connectivity index (χ1) is 12.0. The highest BCUT2D eigenvalue weighted by atomic mass is 16.5. The number of aromatic nitrogens is 2. The van der Waals surface area contributed by atoms with Gasteiger partial charge in [0.05, 0.1) is 12.7 Å². The Kier molecular flexibility index (Phi) is 6.51. The van der Waals surface area contributed by atoms with Crippen molar-refractivity contribution in [2.45, 2.75) is 26.4 Å². The van der Waals surface area contributed by atoms with Crippen LogP contribution < -0.4 is 10.1 Å². The molecule has 1 aromatic carbocycles. The minimum absolute atomic E-state index is 0.140. The molecule has 25 heavy (non-hydrogen) atoms. The molecular formula is C19H24N4O2. The van der Waals surface area contributed by atoms with Crippen LogP contribution in [0.1, 0.15) is 29.8 Å². The van der Waals surface area contributed by atoms with Gasteiger partial charge in [0.25, 0.3) is 5.91 Å². The number of nitrogens with one attached hydrogen (secondary N) is 1. The van der Waals surface area contributed by atoms with Gasteiger partial charge in [-0.2, -0.15) is 0 Å². The van der Waals surface area contributed by atoms with E-state index in [1.54, 1.807) is 30.5 Å². The molecule has 1 N–H and O–H groups in total. The Balaban J connectivity index is 2.15. The number of anilines is 1. The summed E-state index contributed by atoms with van der Waals surface area (Å²) < 4.78 is 5.24. The summed E-state index contributed by atoms with van der Waals surface area (Å²) in [4.78, 5) is 22.9. The highest BCUT2D eigenvalue weighted by Crippen LogP contribution is 2.16. The van der Waals surface area contributed by atoms with Crippen molar-refractivity contribution in [2.75, 3.05) is 19.0 Å². The van der Waals surface area contributed by atoms with E-state index >= 15 is 0 Å². The first kappa shape index (κ1) is 18.4. The fourth-order valence-electron chi connectivity index (χ4n) is 2.32. The van der Waals surface area contributed by atoms with Crippen molar-refractivity contribution in [3.05, 3.63) is 60.4 Å². The van der Waals surface area contributed by atoms with Gasteiger partial charge < -0.3 is 15.0 Å². The molecule has 0 bridgehead atoms. The summed E-state index contributed by atoms with van der Waals surface area (Å²) in [6.07, 6.45) is 4.79. The molecular weight excluding hydrogens is 316 g/mol. The first-order valence-electron chi connectivity index (χ1n) is 8.15. The number of carbonyl (C=O) groups excluding carboxylic acids is 1. The zero-order valence-corrected chi connectivity index (χ0v) is 14.9. The van der Waals surface area contributed by atoms with Gasteiger partial charge in [-0.15, -0.1) is 6.58 Å². The van der Waals surface area contributed by atoms with Crippen LogP contribution in [0.25, 0.3) is 0 Å². The summed E-state index contributed by atoms with van der Waals surface area (Å²) >= 11 is 0. The molecule has 132 valence electrons. The molecule has 2 aromatic rings.